The van der Waals surface area contributed by atoms with Crippen molar-refractivity contribution in [2.24, 2.45) is 5.92 Å². The van der Waals surface area contributed by atoms with E-state index in [1.54, 1.807) is 6.20 Å². The molecule has 178 valence electrons. The SMILES string of the molecule is CCc1ccc(C(=O)N2CCC(c3ccn4ncc(C(=O)N5CCC(C)CC5)c4c3)CC2)cc1. The van der Waals surface area contributed by atoms with Gasteiger partial charge < -0.3 is 9.80 Å². The van der Waals surface area contributed by atoms with Crippen molar-refractivity contribution in [2.45, 2.75) is 51.9 Å². The minimum Gasteiger partial charge on any atom is -0.339 e. The van der Waals surface area contributed by atoms with E-state index >= 15 is 0 Å². The number of hydrogen-bond donors (Lipinski definition) is 0. The maximum Gasteiger partial charge on any atom is 0.257 e. The van der Waals surface area contributed by atoms with Crippen LogP contribution in [0.15, 0.2) is 48.8 Å². The molecule has 2 amide bonds. The van der Waals surface area contributed by atoms with Gasteiger partial charge in [-0.2, -0.15) is 5.10 Å². The van der Waals surface area contributed by atoms with Crippen molar-refractivity contribution >= 4 is 17.3 Å². The van der Waals surface area contributed by atoms with E-state index in [2.05, 4.69) is 31.1 Å². The summed E-state index contributed by atoms with van der Waals surface area (Å²) in [5.41, 5.74) is 4.83. The molecule has 4 heterocycles. The number of aryl methyl sites for hydroxylation is 1. The highest BCUT2D eigenvalue weighted by Crippen LogP contribution is 2.30. The summed E-state index contributed by atoms with van der Waals surface area (Å²) in [5, 5.41) is 4.43. The fourth-order valence-electron chi connectivity index (χ4n) is 5.28. The quantitative estimate of drug-likeness (QED) is 0.565. The molecule has 2 fully saturated rings. The van der Waals surface area contributed by atoms with Crippen molar-refractivity contribution in [3.05, 3.63) is 71.0 Å². The molecule has 0 spiro atoms. The van der Waals surface area contributed by atoms with Gasteiger partial charge in [0.2, 0.25) is 0 Å². The van der Waals surface area contributed by atoms with Gasteiger partial charge in [0.15, 0.2) is 0 Å². The smallest absolute Gasteiger partial charge is 0.257 e. The average molecular weight is 459 g/mol. The van der Waals surface area contributed by atoms with Crippen LogP contribution in [0.5, 0.6) is 0 Å². The molecule has 0 saturated carbocycles. The summed E-state index contributed by atoms with van der Waals surface area (Å²) in [7, 11) is 0. The van der Waals surface area contributed by atoms with E-state index < -0.39 is 0 Å². The number of carbonyl (C=O) groups excluding carboxylic acids is 2. The third kappa shape index (κ3) is 4.46. The number of piperidine rings is 2. The van der Waals surface area contributed by atoms with Gasteiger partial charge in [-0.15, -0.1) is 0 Å². The lowest BCUT2D eigenvalue weighted by Gasteiger charge is -2.32. The first kappa shape index (κ1) is 22.6. The molecular weight excluding hydrogens is 424 g/mol. The molecule has 6 nitrogen and oxygen atoms in total. The number of carbonyl (C=O) groups is 2. The number of rotatable bonds is 4. The van der Waals surface area contributed by atoms with Crippen LogP contribution < -0.4 is 0 Å². The summed E-state index contributed by atoms with van der Waals surface area (Å²) in [6, 6.07) is 12.2. The van der Waals surface area contributed by atoms with Crippen LogP contribution in [0.1, 0.15) is 77.3 Å². The zero-order valence-corrected chi connectivity index (χ0v) is 20.2. The first-order valence-corrected chi connectivity index (χ1v) is 12.7. The summed E-state index contributed by atoms with van der Waals surface area (Å²) in [6.45, 7) is 7.53. The van der Waals surface area contributed by atoms with E-state index in [4.69, 9.17) is 0 Å². The van der Waals surface area contributed by atoms with E-state index in [0.29, 0.717) is 17.4 Å². The van der Waals surface area contributed by atoms with Crippen LogP contribution in [-0.4, -0.2) is 57.4 Å². The number of amides is 2. The van der Waals surface area contributed by atoms with Crippen LogP contribution >= 0.6 is 0 Å². The number of fused-ring (bicyclic) bond motifs is 1. The van der Waals surface area contributed by atoms with Gasteiger partial charge in [-0.3, -0.25) is 9.59 Å². The van der Waals surface area contributed by atoms with E-state index in [1.165, 1.54) is 11.1 Å². The van der Waals surface area contributed by atoms with Gasteiger partial charge >= 0.3 is 0 Å². The number of nitrogens with zero attached hydrogens (tertiary/aromatic N) is 4. The molecule has 2 saturated heterocycles. The largest absolute Gasteiger partial charge is 0.339 e. The molecule has 0 atom stereocenters. The maximum atomic E-state index is 13.2. The predicted octanol–water partition coefficient (Wildman–Crippen LogP) is 4.79. The molecule has 34 heavy (non-hydrogen) atoms. The van der Waals surface area contributed by atoms with Crippen molar-refractivity contribution in [3.8, 4) is 0 Å². The second-order valence-corrected chi connectivity index (χ2v) is 9.94. The minimum absolute atomic E-state index is 0.0913. The van der Waals surface area contributed by atoms with Crippen LogP contribution in [0.25, 0.3) is 5.52 Å². The highest BCUT2D eigenvalue weighted by Gasteiger charge is 2.27. The Morgan fingerprint density at radius 2 is 1.56 bits per heavy atom. The van der Waals surface area contributed by atoms with Gasteiger partial charge in [0.05, 0.1) is 17.3 Å². The Morgan fingerprint density at radius 1 is 0.912 bits per heavy atom. The lowest BCUT2D eigenvalue weighted by molar-refractivity contribution is 0.0695. The second kappa shape index (κ2) is 9.61. The van der Waals surface area contributed by atoms with Crippen LogP contribution in [0.3, 0.4) is 0 Å². The molecule has 1 aromatic carbocycles. The molecule has 2 aliphatic heterocycles. The fourth-order valence-corrected chi connectivity index (χ4v) is 5.28. The molecular formula is C28H34N4O2. The first-order chi connectivity index (χ1) is 16.5. The Hall–Kier alpha value is -3.15. The number of benzene rings is 1. The molecule has 0 radical (unpaired) electrons. The Labute approximate surface area is 201 Å². The third-order valence-corrected chi connectivity index (χ3v) is 7.71. The molecule has 0 aliphatic carbocycles. The Balaban J connectivity index is 1.27. The fraction of sp³-hybridized carbons (Fsp3) is 0.464. The van der Waals surface area contributed by atoms with Crippen molar-refractivity contribution in [3.63, 3.8) is 0 Å². The van der Waals surface area contributed by atoms with E-state index in [0.717, 1.165) is 69.4 Å². The Bertz CT molecular complexity index is 1170. The van der Waals surface area contributed by atoms with Gasteiger partial charge in [-0.1, -0.05) is 26.0 Å². The van der Waals surface area contributed by atoms with E-state index in [9.17, 15) is 9.59 Å². The monoisotopic (exact) mass is 458 g/mol. The minimum atomic E-state index is 0.0913. The predicted molar refractivity (Wildman–Crippen MR) is 133 cm³/mol. The summed E-state index contributed by atoms with van der Waals surface area (Å²) >= 11 is 0. The lowest BCUT2D eigenvalue weighted by atomic mass is 9.89. The van der Waals surface area contributed by atoms with Gasteiger partial charge in [0.1, 0.15) is 0 Å². The first-order valence-electron chi connectivity index (χ1n) is 12.7. The van der Waals surface area contributed by atoms with Gasteiger partial charge in [-0.05, 0) is 79.3 Å². The lowest BCUT2D eigenvalue weighted by Crippen LogP contribution is -2.38. The normalized spacial score (nSPS) is 17.9. The summed E-state index contributed by atoms with van der Waals surface area (Å²) in [6.07, 6.45) is 8.64. The average Bonchev–Trinajstić information content (AvgIpc) is 3.32. The van der Waals surface area contributed by atoms with Crippen molar-refractivity contribution in [1.29, 1.82) is 0 Å². The molecule has 2 aliphatic rings. The molecule has 3 aromatic rings. The number of hydrogen-bond acceptors (Lipinski definition) is 3. The zero-order valence-electron chi connectivity index (χ0n) is 20.2. The summed E-state index contributed by atoms with van der Waals surface area (Å²) in [4.78, 5) is 30.1. The van der Waals surface area contributed by atoms with Gasteiger partial charge in [0, 0.05) is 37.9 Å². The number of aromatic nitrogens is 2. The van der Waals surface area contributed by atoms with Crippen molar-refractivity contribution in [2.75, 3.05) is 26.2 Å². The molecule has 0 unspecified atom stereocenters. The maximum absolute atomic E-state index is 13.2. The number of likely N-dealkylation sites (tertiary alicyclic amines) is 2. The Morgan fingerprint density at radius 3 is 2.24 bits per heavy atom. The van der Waals surface area contributed by atoms with Gasteiger partial charge in [-0.25, -0.2) is 4.52 Å². The third-order valence-electron chi connectivity index (χ3n) is 7.71. The summed E-state index contributed by atoms with van der Waals surface area (Å²) in [5.74, 6) is 1.28. The van der Waals surface area contributed by atoms with Crippen LogP contribution in [0, 0.1) is 5.92 Å². The highest BCUT2D eigenvalue weighted by molar-refractivity contribution is 6.00. The van der Waals surface area contributed by atoms with E-state index in [-0.39, 0.29) is 11.8 Å². The topological polar surface area (TPSA) is 57.9 Å². The molecule has 5 rings (SSSR count). The number of pyridine rings is 1. The summed E-state index contributed by atoms with van der Waals surface area (Å²) < 4.78 is 1.81. The standard InChI is InChI=1S/C28H34N4O2/c1-3-21-4-6-23(7-5-21)27(33)30-15-10-22(11-16-30)24-12-17-32-26(18-24)25(19-29-32)28(34)31-13-8-20(2)9-14-31/h4-7,12,17-20,22H,3,8-11,13-16H2,1-2H3. The second-order valence-electron chi connectivity index (χ2n) is 9.94. The highest BCUT2D eigenvalue weighted by atomic mass is 16.2. The van der Waals surface area contributed by atoms with Crippen LogP contribution in [0.2, 0.25) is 0 Å². The molecule has 2 aromatic heterocycles. The van der Waals surface area contributed by atoms with Crippen LogP contribution in [-0.2, 0) is 6.42 Å². The van der Waals surface area contributed by atoms with Crippen molar-refractivity contribution < 1.29 is 9.59 Å². The van der Waals surface area contributed by atoms with Crippen LogP contribution in [0.4, 0.5) is 0 Å². The Kier molecular flexibility index (Phi) is 6.40. The van der Waals surface area contributed by atoms with E-state index in [1.807, 2.05) is 44.8 Å². The molecule has 6 heteroatoms. The van der Waals surface area contributed by atoms with Crippen molar-refractivity contribution in [1.82, 2.24) is 19.4 Å². The zero-order chi connectivity index (χ0) is 23.7. The molecule has 0 bridgehead atoms. The molecule has 0 N–H and O–H groups in total. The van der Waals surface area contributed by atoms with Gasteiger partial charge in [0.25, 0.3) is 11.8 Å².